The minimum Gasteiger partial charge on any atom is -0.388 e. The van der Waals surface area contributed by atoms with Crippen LogP contribution in [0.4, 0.5) is 0 Å². The van der Waals surface area contributed by atoms with Gasteiger partial charge in [0.2, 0.25) is 0 Å². The lowest BCUT2D eigenvalue weighted by atomic mass is 9.78. The van der Waals surface area contributed by atoms with Crippen molar-refractivity contribution in [3.8, 4) is 0 Å². The largest absolute Gasteiger partial charge is 0.388 e. The maximum absolute atomic E-state index is 12.6. The van der Waals surface area contributed by atoms with Crippen molar-refractivity contribution in [3.05, 3.63) is 96.1 Å². The quantitative estimate of drug-likeness (QED) is 0.241. The van der Waals surface area contributed by atoms with Crippen molar-refractivity contribution in [1.82, 2.24) is 4.90 Å². The van der Waals surface area contributed by atoms with Crippen LogP contribution in [0.1, 0.15) is 63.5 Å². The summed E-state index contributed by atoms with van der Waals surface area (Å²) in [5.41, 5.74) is 1.92. The van der Waals surface area contributed by atoms with Crippen LogP contribution in [-0.4, -0.2) is 34.7 Å². The van der Waals surface area contributed by atoms with E-state index < -0.39 is 5.60 Å². The van der Waals surface area contributed by atoms with Crippen LogP contribution in [0.5, 0.6) is 0 Å². The van der Waals surface area contributed by atoms with Crippen molar-refractivity contribution in [2.24, 2.45) is 5.92 Å². The highest BCUT2D eigenvalue weighted by molar-refractivity contribution is 5.83. The molecule has 0 aromatic heterocycles. The van der Waals surface area contributed by atoms with Crippen molar-refractivity contribution in [3.63, 3.8) is 0 Å². The van der Waals surface area contributed by atoms with Crippen LogP contribution in [0.25, 0.3) is 21.5 Å². The smallest absolute Gasteiger partial charge is 0.0808 e. The average molecular weight is 494 g/mol. The number of benzene rings is 4. The second kappa shape index (κ2) is 11.8. The Labute approximate surface area is 223 Å². The highest BCUT2D eigenvalue weighted by Crippen LogP contribution is 2.34. The van der Waals surface area contributed by atoms with Gasteiger partial charge in [0.15, 0.2) is 0 Å². The third-order valence-corrected chi connectivity index (χ3v) is 8.47. The van der Waals surface area contributed by atoms with E-state index in [1.54, 1.807) is 0 Å². The summed E-state index contributed by atoms with van der Waals surface area (Å²) in [5.74, 6) is 0.555. The molecule has 1 heterocycles. The van der Waals surface area contributed by atoms with Crippen LogP contribution in [0.2, 0.25) is 0 Å². The lowest BCUT2D eigenvalue weighted by molar-refractivity contribution is -0.0716. The summed E-state index contributed by atoms with van der Waals surface area (Å²) in [6.07, 6.45) is 8.27. The van der Waals surface area contributed by atoms with E-state index in [-0.39, 0.29) is 6.04 Å². The van der Waals surface area contributed by atoms with Crippen LogP contribution in [-0.2, 0) is 12.8 Å². The fraction of sp³-hybridized carbons (Fsp3) is 0.429. The molecule has 194 valence electrons. The van der Waals surface area contributed by atoms with E-state index >= 15 is 0 Å². The molecule has 0 amide bonds. The molecule has 1 atom stereocenters. The molecule has 4 aromatic carbocycles. The van der Waals surface area contributed by atoms with Crippen molar-refractivity contribution >= 4 is 21.5 Å². The van der Waals surface area contributed by atoms with Gasteiger partial charge in [0.05, 0.1) is 5.60 Å². The number of nitrogens with zero attached hydrogens (tertiary/aromatic N) is 1. The standard InChI is InChI=1S/C35H43NO/c1-27(2)24-34(36-22-8-3-9-23-36)35(37,20-18-28-14-16-30-10-4-6-12-32(30)25-28)21-19-29-15-17-31-11-5-7-13-33(31)26-29/h4-7,10-17,25-27,34,37H,3,8-9,18-24H2,1-2H3/t34-/m0/s1. The molecule has 0 radical (unpaired) electrons. The Balaban J connectivity index is 1.41. The van der Waals surface area contributed by atoms with E-state index in [0.717, 1.165) is 45.2 Å². The van der Waals surface area contributed by atoms with E-state index in [1.807, 2.05) is 0 Å². The summed E-state index contributed by atoms with van der Waals surface area (Å²) in [6.45, 7) is 6.85. The molecule has 0 bridgehead atoms. The third-order valence-electron chi connectivity index (χ3n) is 8.47. The Hall–Kier alpha value is -2.68. The topological polar surface area (TPSA) is 23.5 Å². The maximum atomic E-state index is 12.6. The maximum Gasteiger partial charge on any atom is 0.0808 e. The van der Waals surface area contributed by atoms with Crippen LogP contribution in [0.15, 0.2) is 84.9 Å². The zero-order valence-electron chi connectivity index (χ0n) is 22.7. The normalized spacial score (nSPS) is 16.0. The number of hydrogen-bond donors (Lipinski definition) is 1. The fourth-order valence-corrected chi connectivity index (χ4v) is 6.35. The average Bonchev–Trinajstić information content (AvgIpc) is 2.94. The zero-order chi connectivity index (χ0) is 25.7. The number of aliphatic hydroxyl groups is 1. The van der Waals surface area contributed by atoms with Gasteiger partial charge in [0, 0.05) is 6.04 Å². The van der Waals surface area contributed by atoms with Gasteiger partial charge in [-0.05, 0) is 96.6 Å². The van der Waals surface area contributed by atoms with E-state index in [2.05, 4.69) is 104 Å². The van der Waals surface area contributed by atoms with Crippen LogP contribution >= 0.6 is 0 Å². The molecule has 1 aliphatic heterocycles. The molecule has 37 heavy (non-hydrogen) atoms. The Morgan fingerprint density at radius 3 is 1.65 bits per heavy atom. The number of fused-ring (bicyclic) bond motifs is 2. The SMILES string of the molecule is CC(C)C[C@H](N1CCCCC1)C(O)(CCc1ccc2ccccc2c1)CCc1ccc2ccccc2c1. The summed E-state index contributed by atoms with van der Waals surface area (Å²) >= 11 is 0. The number of aryl methyl sites for hydroxylation is 2. The van der Waals surface area contributed by atoms with Gasteiger partial charge >= 0.3 is 0 Å². The van der Waals surface area contributed by atoms with Gasteiger partial charge in [-0.25, -0.2) is 0 Å². The van der Waals surface area contributed by atoms with E-state index in [1.165, 1.54) is 51.9 Å². The van der Waals surface area contributed by atoms with Gasteiger partial charge < -0.3 is 5.11 Å². The predicted octanol–water partition coefficient (Wildman–Crippen LogP) is 8.19. The first-order valence-electron chi connectivity index (χ1n) is 14.4. The van der Waals surface area contributed by atoms with E-state index in [4.69, 9.17) is 0 Å². The third kappa shape index (κ3) is 6.43. The molecule has 2 nitrogen and oxygen atoms in total. The highest BCUT2D eigenvalue weighted by atomic mass is 16.3. The van der Waals surface area contributed by atoms with Gasteiger partial charge in [-0.1, -0.05) is 105 Å². The molecule has 0 aliphatic carbocycles. The molecule has 0 unspecified atom stereocenters. The van der Waals surface area contributed by atoms with Gasteiger partial charge in [-0.2, -0.15) is 0 Å². The Morgan fingerprint density at radius 2 is 1.16 bits per heavy atom. The summed E-state index contributed by atoms with van der Waals surface area (Å²) in [5, 5.41) is 17.7. The Bertz CT molecular complexity index is 1220. The first-order chi connectivity index (χ1) is 18.0. The van der Waals surface area contributed by atoms with Crippen molar-refractivity contribution in [2.45, 2.75) is 76.9 Å². The second-order valence-electron chi connectivity index (χ2n) is 11.7. The number of hydrogen-bond acceptors (Lipinski definition) is 2. The second-order valence-corrected chi connectivity index (χ2v) is 11.7. The molecule has 1 saturated heterocycles. The minimum absolute atomic E-state index is 0.203. The molecule has 2 heteroatoms. The minimum atomic E-state index is -0.723. The summed E-state index contributed by atoms with van der Waals surface area (Å²) < 4.78 is 0. The fourth-order valence-electron chi connectivity index (χ4n) is 6.35. The number of rotatable bonds is 10. The van der Waals surface area contributed by atoms with Gasteiger partial charge in [-0.3, -0.25) is 4.90 Å². The molecule has 4 aromatic rings. The molecule has 1 N–H and O–H groups in total. The highest BCUT2D eigenvalue weighted by Gasteiger charge is 2.40. The lowest BCUT2D eigenvalue weighted by Crippen LogP contribution is -2.55. The molecular weight excluding hydrogens is 450 g/mol. The van der Waals surface area contributed by atoms with Crippen LogP contribution in [0, 0.1) is 5.92 Å². The molecule has 1 aliphatic rings. The van der Waals surface area contributed by atoms with Crippen LogP contribution < -0.4 is 0 Å². The van der Waals surface area contributed by atoms with Gasteiger partial charge in [0.1, 0.15) is 0 Å². The molecule has 0 saturated carbocycles. The number of piperidine rings is 1. The van der Waals surface area contributed by atoms with Crippen molar-refractivity contribution < 1.29 is 5.11 Å². The van der Waals surface area contributed by atoms with E-state index in [0.29, 0.717) is 5.92 Å². The molecular formula is C35H43NO. The Kier molecular flexibility index (Phi) is 8.27. The first kappa shape index (κ1) is 25.9. The molecule has 0 spiro atoms. The van der Waals surface area contributed by atoms with Gasteiger partial charge in [-0.15, -0.1) is 0 Å². The van der Waals surface area contributed by atoms with Crippen LogP contribution in [0.3, 0.4) is 0 Å². The summed E-state index contributed by atoms with van der Waals surface area (Å²) in [4.78, 5) is 2.63. The zero-order valence-corrected chi connectivity index (χ0v) is 22.7. The molecule has 5 rings (SSSR count). The summed E-state index contributed by atoms with van der Waals surface area (Å²) in [7, 11) is 0. The number of likely N-dealkylation sites (tertiary alicyclic amines) is 1. The predicted molar refractivity (Wildman–Crippen MR) is 158 cm³/mol. The first-order valence-corrected chi connectivity index (χ1v) is 14.4. The van der Waals surface area contributed by atoms with Crippen molar-refractivity contribution in [1.29, 1.82) is 0 Å². The monoisotopic (exact) mass is 493 g/mol. The lowest BCUT2D eigenvalue weighted by Gasteiger charge is -2.46. The summed E-state index contributed by atoms with van der Waals surface area (Å²) in [6, 6.07) is 31.0. The Morgan fingerprint density at radius 1 is 0.676 bits per heavy atom. The van der Waals surface area contributed by atoms with Gasteiger partial charge in [0.25, 0.3) is 0 Å². The van der Waals surface area contributed by atoms with Crippen molar-refractivity contribution in [2.75, 3.05) is 13.1 Å². The molecule has 1 fully saturated rings. The van der Waals surface area contributed by atoms with E-state index in [9.17, 15) is 5.11 Å².